The maximum atomic E-state index is 12.7. The average molecular weight is 419 g/mol. The van der Waals surface area contributed by atoms with Gasteiger partial charge in [-0.1, -0.05) is 23.8 Å². The molecular weight excluding hydrogens is 392 g/mol. The molecule has 1 amide bonds. The molecule has 29 heavy (non-hydrogen) atoms. The fourth-order valence-corrected chi connectivity index (χ4v) is 4.33. The molecule has 0 aliphatic carbocycles. The van der Waals surface area contributed by atoms with Crippen LogP contribution in [0.4, 0.5) is 5.69 Å². The predicted molar refractivity (Wildman–Crippen MR) is 112 cm³/mol. The van der Waals surface area contributed by atoms with Gasteiger partial charge in [-0.2, -0.15) is 0 Å². The van der Waals surface area contributed by atoms with E-state index < -0.39 is 10.0 Å². The fourth-order valence-electron chi connectivity index (χ4n) is 3.27. The number of fused-ring (bicyclic) bond motifs is 1. The van der Waals surface area contributed by atoms with Crippen LogP contribution >= 0.6 is 0 Å². The van der Waals surface area contributed by atoms with E-state index in [1.807, 2.05) is 39.0 Å². The molecule has 8 heteroatoms. The number of amides is 1. The predicted octanol–water partition coefficient (Wildman–Crippen LogP) is 3.07. The van der Waals surface area contributed by atoms with Crippen LogP contribution in [0.3, 0.4) is 0 Å². The maximum absolute atomic E-state index is 12.7. The Balaban J connectivity index is 1.81. The highest BCUT2D eigenvalue weighted by Crippen LogP contribution is 2.36. The van der Waals surface area contributed by atoms with E-state index in [1.165, 1.54) is 0 Å². The van der Waals surface area contributed by atoms with Crippen LogP contribution in [0.5, 0.6) is 11.5 Å². The Labute approximate surface area is 171 Å². The van der Waals surface area contributed by atoms with Crippen LogP contribution in [0.1, 0.15) is 36.6 Å². The third kappa shape index (κ3) is 4.64. The quantitative estimate of drug-likeness (QED) is 0.747. The molecule has 0 radical (unpaired) electrons. The molecular formula is C21H26N2O5S. The molecule has 0 saturated heterocycles. The highest BCUT2D eigenvalue weighted by molar-refractivity contribution is 7.92. The minimum atomic E-state index is -3.67. The zero-order chi connectivity index (χ0) is 21.2. The van der Waals surface area contributed by atoms with Gasteiger partial charge in [-0.3, -0.25) is 9.10 Å². The summed E-state index contributed by atoms with van der Waals surface area (Å²) in [7, 11) is -3.67. The zero-order valence-electron chi connectivity index (χ0n) is 17.1. The van der Waals surface area contributed by atoms with E-state index >= 15 is 0 Å². The van der Waals surface area contributed by atoms with Crippen LogP contribution in [-0.2, 0) is 14.8 Å². The number of carbonyl (C=O) groups excluding carboxylic acids is 1. The summed E-state index contributed by atoms with van der Waals surface area (Å²) < 4.78 is 37.1. The van der Waals surface area contributed by atoms with Gasteiger partial charge in [0.1, 0.15) is 6.54 Å². The summed E-state index contributed by atoms with van der Waals surface area (Å²) in [5, 5.41) is 2.91. The van der Waals surface area contributed by atoms with Crippen molar-refractivity contribution in [1.29, 1.82) is 0 Å². The van der Waals surface area contributed by atoms with Gasteiger partial charge in [-0.25, -0.2) is 8.42 Å². The molecule has 2 aromatic carbocycles. The molecule has 1 heterocycles. The average Bonchev–Trinajstić information content (AvgIpc) is 3.15. The topological polar surface area (TPSA) is 84.9 Å². The van der Waals surface area contributed by atoms with Crippen molar-refractivity contribution in [3.63, 3.8) is 0 Å². The van der Waals surface area contributed by atoms with Gasteiger partial charge in [0.05, 0.1) is 17.5 Å². The lowest BCUT2D eigenvalue weighted by Crippen LogP contribution is -2.42. The molecule has 1 aliphatic heterocycles. The van der Waals surface area contributed by atoms with Crippen LogP contribution in [0.25, 0.3) is 0 Å². The summed E-state index contributed by atoms with van der Waals surface area (Å²) in [6, 6.07) is 10.6. The summed E-state index contributed by atoms with van der Waals surface area (Å²) >= 11 is 0. The Morgan fingerprint density at radius 2 is 1.86 bits per heavy atom. The summed E-state index contributed by atoms with van der Waals surface area (Å²) in [6.07, 6.45) is 0. The zero-order valence-corrected chi connectivity index (χ0v) is 17.9. The summed E-state index contributed by atoms with van der Waals surface area (Å²) in [5.41, 5.74) is 3.54. The van der Waals surface area contributed by atoms with Crippen molar-refractivity contribution in [2.75, 3.05) is 23.4 Å². The second-order valence-corrected chi connectivity index (χ2v) is 9.28. The second kappa shape index (κ2) is 8.32. The van der Waals surface area contributed by atoms with Crippen LogP contribution in [0.15, 0.2) is 36.4 Å². The van der Waals surface area contributed by atoms with E-state index in [1.54, 1.807) is 25.1 Å². The van der Waals surface area contributed by atoms with Crippen LogP contribution in [-0.4, -0.2) is 33.4 Å². The number of hydrogen-bond acceptors (Lipinski definition) is 5. The molecule has 0 spiro atoms. The summed E-state index contributed by atoms with van der Waals surface area (Å²) in [5.74, 6) is 0.507. The normalized spacial score (nSPS) is 13.8. The van der Waals surface area contributed by atoms with E-state index in [2.05, 4.69) is 5.32 Å². The van der Waals surface area contributed by atoms with Gasteiger partial charge in [0.15, 0.2) is 11.5 Å². The Kier molecular flexibility index (Phi) is 6.02. The summed E-state index contributed by atoms with van der Waals surface area (Å²) in [4.78, 5) is 12.7. The second-order valence-electron chi connectivity index (χ2n) is 7.09. The number of rotatable bonds is 7. The minimum absolute atomic E-state index is 0.0904. The summed E-state index contributed by atoms with van der Waals surface area (Å²) in [6.45, 7) is 7.19. The van der Waals surface area contributed by atoms with E-state index in [9.17, 15) is 13.2 Å². The molecule has 0 unspecified atom stereocenters. The fraction of sp³-hybridized carbons (Fsp3) is 0.381. The van der Waals surface area contributed by atoms with Gasteiger partial charge in [0.2, 0.25) is 22.7 Å². The monoisotopic (exact) mass is 418 g/mol. The molecule has 0 fully saturated rings. The molecule has 156 valence electrons. The van der Waals surface area contributed by atoms with Gasteiger partial charge >= 0.3 is 0 Å². The van der Waals surface area contributed by atoms with E-state index in [4.69, 9.17) is 9.47 Å². The number of carbonyl (C=O) groups is 1. The van der Waals surface area contributed by atoms with Crippen molar-refractivity contribution in [1.82, 2.24) is 5.32 Å². The van der Waals surface area contributed by atoms with E-state index in [0.29, 0.717) is 17.2 Å². The lowest BCUT2D eigenvalue weighted by molar-refractivity contribution is -0.120. The Bertz CT molecular complexity index is 1020. The molecule has 1 atom stereocenters. The van der Waals surface area contributed by atoms with Crippen molar-refractivity contribution < 1.29 is 22.7 Å². The van der Waals surface area contributed by atoms with E-state index in [0.717, 1.165) is 21.0 Å². The number of hydrogen-bond donors (Lipinski definition) is 1. The smallest absolute Gasteiger partial charge is 0.241 e. The van der Waals surface area contributed by atoms with Crippen molar-refractivity contribution in [3.05, 3.63) is 53.1 Å². The number of nitrogens with zero attached hydrogens (tertiary/aromatic N) is 1. The van der Waals surface area contributed by atoms with Gasteiger partial charge in [-0.15, -0.1) is 0 Å². The number of nitrogens with one attached hydrogen (secondary N) is 1. The first-order valence-electron chi connectivity index (χ1n) is 9.48. The molecule has 3 rings (SSSR count). The van der Waals surface area contributed by atoms with Gasteiger partial charge < -0.3 is 14.8 Å². The molecule has 0 saturated carbocycles. The van der Waals surface area contributed by atoms with Crippen molar-refractivity contribution in [2.24, 2.45) is 0 Å². The molecule has 0 bridgehead atoms. The Hall–Kier alpha value is -2.74. The van der Waals surface area contributed by atoms with Gasteiger partial charge in [0, 0.05) is 6.07 Å². The third-order valence-electron chi connectivity index (χ3n) is 4.91. The number of aryl methyl sites for hydroxylation is 2. The number of benzene rings is 2. The van der Waals surface area contributed by atoms with Gasteiger partial charge in [0.25, 0.3) is 0 Å². The minimum Gasteiger partial charge on any atom is -0.454 e. The number of ether oxygens (including phenoxy) is 2. The van der Waals surface area contributed by atoms with Gasteiger partial charge in [-0.05, 0) is 51.0 Å². The SMILES string of the molecule is CCS(=O)(=O)N(CC(=O)N[C@H](C)c1cc(C)ccc1C)c1ccc2c(c1)OCO2. The lowest BCUT2D eigenvalue weighted by atomic mass is 10.00. The first-order chi connectivity index (χ1) is 13.7. The van der Waals surface area contributed by atoms with Crippen molar-refractivity contribution in [3.8, 4) is 11.5 Å². The highest BCUT2D eigenvalue weighted by atomic mass is 32.2. The molecule has 2 aromatic rings. The molecule has 1 aliphatic rings. The number of sulfonamides is 1. The maximum Gasteiger partial charge on any atom is 0.241 e. The van der Waals surface area contributed by atoms with E-state index in [-0.39, 0.29) is 31.0 Å². The Morgan fingerprint density at radius 3 is 2.59 bits per heavy atom. The standard InChI is InChI=1S/C21H26N2O5S/c1-5-29(25,26)23(17-8-9-19-20(11-17)28-13-27-19)12-21(24)22-16(4)18-10-14(2)6-7-15(18)3/h6-11,16H,5,12-13H2,1-4H3,(H,22,24)/t16-/m1/s1. The first-order valence-corrected chi connectivity index (χ1v) is 11.1. The van der Waals surface area contributed by atoms with Crippen molar-refractivity contribution >= 4 is 21.6 Å². The third-order valence-corrected chi connectivity index (χ3v) is 6.65. The van der Waals surface area contributed by atoms with Crippen LogP contribution < -0.4 is 19.1 Å². The highest BCUT2D eigenvalue weighted by Gasteiger charge is 2.26. The van der Waals surface area contributed by atoms with Crippen LogP contribution in [0.2, 0.25) is 0 Å². The van der Waals surface area contributed by atoms with Crippen molar-refractivity contribution in [2.45, 2.75) is 33.7 Å². The van der Waals surface area contributed by atoms with Crippen LogP contribution in [0, 0.1) is 13.8 Å². The molecule has 1 N–H and O–H groups in total. The molecule has 7 nitrogen and oxygen atoms in total. The Morgan fingerprint density at radius 1 is 1.14 bits per heavy atom. The largest absolute Gasteiger partial charge is 0.454 e. The number of anilines is 1. The molecule has 0 aromatic heterocycles. The first kappa shape index (κ1) is 21.0. The lowest BCUT2D eigenvalue weighted by Gasteiger charge is -2.25.